The molecule has 126 valence electrons. The fourth-order valence-corrected chi connectivity index (χ4v) is 2.69. The predicted octanol–water partition coefficient (Wildman–Crippen LogP) is 3.66. The van der Waals surface area contributed by atoms with Crippen molar-refractivity contribution in [1.82, 2.24) is 10.2 Å². The molecule has 1 rings (SSSR count). The molecular formula is C14H27N3O4Si. The van der Waals surface area contributed by atoms with Gasteiger partial charge in [-0.15, -0.1) is 5.10 Å². The lowest BCUT2D eigenvalue weighted by Crippen LogP contribution is -2.42. The zero-order chi connectivity index (χ0) is 17.1. The maximum absolute atomic E-state index is 11.0. The first-order chi connectivity index (χ1) is 9.95. The summed E-state index contributed by atoms with van der Waals surface area (Å²) in [5, 5.41) is 17.5. The second kappa shape index (κ2) is 6.78. The van der Waals surface area contributed by atoms with E-state index >= 15 is 0 Å². The number of hydrogen-bond acceptors (Lipinski definition) is 5. The number of aromatic amines is 1. The molecule has 8 heteroatoms. The van der Waals surface area contributed by atoms with Gasteiger partial charge in [-0.2, -0.15) is 0 Å². The summed E-state index contributed by atoms with van der Waals surface area (Å²) in [6, 6.07) is 0. The molecule has 0 aliphatic rings. The molecule has 0 amide bonds. The zero-order valence-electron chi connectivity index (χ0n) is 14.5. The third-order valence-corrected chi connectivity index (χ3v) is 8.61. The van der Waals surface area contributed by atoms with Gasteiger partial charge in [0.15, 0.2) is 8.32 Å². The Morgan fingerprint density at radius 2 is 1.95 bits per heavy atom. The lowest BCUT2D eigenvalue weighted by atomic mass is 10.2. The van der Waals surface area contributed by atoms with Crippen LogP contribution in [0.1, 0.15) is 33.4 Å². The molecule has 0 aromatic carbocycles. The van der Waals surface area contributed by atoms with Gasteiger partial charge in [0.25, 0.3) is 0 Å². The molecule has 1 aromatic rings. The number of nitro groups is 1. The molecule has 0 bridgehead atoms. The normalized spacial score (nSPS) is 14.0. The van der Waals surface area contributed by atoms with Crippen LogP contribution >= 0.6 is 0 Å². The maximum atomic E-state index is 11.0. The van der Waals surface area contributed by atoms with Gasteiger partial charge in [-0.1, -0.05) is 27.7 Å². The standard InChI is InChI=1S/C14H27N3O4Si/c1-10(9-21-22(6,7)14(3,4)5)8-20-13-12(17(18)19)11(2)15-16-13/h10H,8-9H2,1-7H3,(H,15,16)/t10-/m1/s1. The van der Waals surface area contributed by atoms with Crippen LogP contribution in [0.4, 0.5) is 5.69 Å². The van der Waals surface area contributed by atoms with Crippen LogP contribution in [-0.4, -0.2) is 36.7 Å². The lowest BCUT2D eigenvalue weighted by Gasteiger charge is -2.36. The van der Waals surface area contributed by atoms with Gasteiger partial charge in [0.05, 0.1) is 11.5 Å². The molecule has 1 atom stereocenters. The van der Waals surface area contributed by atoms with E-state index in [-0.39, 0.29) is 22.5 Å². The Labute approximate surface area is 132 Å². The Kier molecular flexibility index (Phi) is 5.74. The first kappa shape index (κ1) is 18.6. The van der Waals surface area contributed by atoms with Gasteiger partial charge in [0, 0.05) is 12.5 Å². The van der Waals surface area contributed by atoms with Crippen molar-refractivity contribution in [3.8, 4) is 5.88 Å². The van der Waals surface area contributed by atoms with Crippen LogP contribution < -0.4 is 4.74 Å². The number of nitrogens with one attached hydrogen (secondary N) is 1. The van der Waals surface area contributed by atoms with E-state index in [2.05, 4.69) is 44.1 Å². The lowest BCUT2D eigenvalue weighted by molar-refractivity contribution is -0.386. The van der Waals surface area contributed by atoms with Gasteiger partial charge in [-0.25, -0.2) is 0 Å². The van der Waals surface area contributed by atoms with Crippen molar-refractivity contribution < 1.29 is 14.1 Å². The van der Waals surface area contributed by atoms with E-state index in [1.54, 1.807) is 6.92 Å². The molecule has 0 spiro atoms. The van der Waals surface area contributed by atoms with E-state index in [1.807, 2.05) is 6.92 Å². The largest absolute Gasteiger partial charge is 0.471 e. The molecule has 0 fully saturated rings. The molecule has 0 radical (unpaired) electrons. The highest BCUT2D eigenvalue weighted by Gasteiger charge is 2.37. The van der Waals surface area contributed by atoms with Gasteiger partial charge in [0.2, 0.25) is 0 Å². The van der Waals surface area contributed by atoms with Crippen molar-refractivity contribution in [2.75, 3.05) is 13.2 Å². The van der Waals surface area contributed by atoms with Crippen LogP contribution in [0.2, 0.25) is 18.1 Å². The Bertz CT molecular complexity index is 523. The average Bonchev–Trinajstić information content (AvgIpc) is 2.74. The van der Waals surface area contributed by atoms with E-state index in [9.17, 15) is 10.1 Å². The number of nitrogens with zero attached hydrogens (tertiary/aromatic N) is 2. The summed E-state index contributed by atoms with van der Waals surface area (Å²) in [4.78, 5) is 10.5. The van der Waals surface area contributed by atoms with Gasteiger partial charge >= 0.3 is 11.6 Å². The molecule has 0 unspecified atom stereocenters. The summed E-state index contributed by atoms with van der Waals surface area (Å²) in [7, 11) is -1.79. The van der Waals surface area contributed by atoms with Crippen molar-refractivity contribution in [3.05, 3.63) is 15.8 Å². The highest BCUT2D eigenvalue weighted by atomic mass is 28.4. The quantitative estimate of drug-likeness (QED) is 0.468. The van der Waals surface area contributed by atoms with E-state index in [1.165, 1.54) is 0 Å². The smallest absolute Gasteiger partial charge is 0.352 e. The Morgan fingerprint density at radius 3 is 2.45 bits per heavy atom. The SMILES string of the molecule is Cc1[nH]nc(OC[C@@H](C)CO[Si](C)(C)C(C)(C)C)c1[N+](=O)[O-]. The number of aryl methyl sites for hydroxylation is 1. The molecule has 0 saturated heterocycles. The Hall–Kier alpha value is -1.41. The number of ether oxygens (including phenoxy) is 1. The highest BCUT2D eigenvalue weighted by Crippen LogP contribution is 2.36. The summed E-state index contributed by atoms with van der Waals surface area (Å²) in [5.41, 5.74) is 0.294. The van der Waals surface area contributed by atoms with Crippen molar-refractivity contribution in [1.29, 1.82) is 0 Å². The van der Waals surface area contributed by atoms with Crippen molar-refractivity contribution in [2.45, 2.75) is 52.8 Å². The van der Waals surface area contributed by atoms with Gasteiger partial charge in [0.1, 0.15) is 5.69 Å². The predicted molar refractivity (Wildman–Crippen MR) is 87.8 cm³/mol. The van der Waals surface area contributed by atoms with Crippen molar-refractivity contribution >= 4 is 14.0 Å². The summed E-state index contributed by atoms with van der Waals surface area (Å²) in [6.07, 6.45) is 0. The Morgan fingerprint density at radius 1 is 1.36 bits per heavy atom. The summed E-state index contributed by atoms with van der Waals surface area (Å²) >= 11 is 0. The van der Waals surface area contributed by atoms with Crippen LogP contribution in [-0.2, 0) is 4.43 Å². The second-order valence-electron chi connectivity index (χ2n) is 7.25. The summed E-state index contributed by atoms with van der Waals surface area (Å²) in [6.45, 7) is 15.5. The molecule has 1 aromatic heterocycles. The van der Waals surface area contributed by atoms with Crippen LogP contribution in [0.25, 0.3) is 0 Å². The molecule has 0 aliphatic carbocycles. The van der Waals surface area contributed by atoms with Crippen molar-refractivity contribution in [3.63, 3.8) is 0 Å². The Balaban J connectivity index is 2.54. The molecule has 1 N–H and O–H groups in total. The third-order valence-electron chi connectivity index (χ3n) is 4.10. The van der Waals surface area contributed by atoms with Gasteiger partial charge in [-0.3, -0.25) is 15.2 Å². The fraction of sp³-hybridized carbons (Fsp3) is 0.786. The van der Waals surface area contributed by atoms with Crippen LogP contribution in [0.3, 0.4) is 0 Å². The first-order valence-electron chi connectivity index (χ1n) is 7.42. The molecular weight excluding hydrogens is 302 g/mol. The molecule has 1 heterocycles. The average molecular weight is 329 g/mol. The van der Waals surface area contributed by atoms with E-state index in [0.717, 1.165) is 0 Å². The van der Waals surface area contributed by atoms with E-state index in [4.69, 9.17) is 9.16 Å². The van der Waals surface area contributed by atoms with E-state index in [0.29, 0.717) is 18.9 Å². The van der Waals surface area contributed by atoms with Gasteiger partial charge < -0.3 is 9.16 Å². The van der Waals surface area contributed by atoms with Crippen LogP contribution in [0, 0.1) is 23.0 Å². The topological polar surface area (TPSA) is 90.3 Å². The third kappa shape index (κ3) is 4.54. The fourth-order valence-electron chi connectivity index (χ4n) is 1.55. The minimum absolute atomic E-state index is 0.0432. The molecule has 0 saturated carbocycles. The number of hydrogen-bond donors (Lipinski definition) is 1. The molecule has 0 aliphatic heterocycles. The summed E-state index contributed by atoms with van der Waals surface area (Å²) < 4.78 is 11.6. The van der Waals surface area contributed by atoms with E-state index < -0.39 is 13.2 Å². The minimum atomic E-state index is -1.79. The van der Waals surface area contributed by atoms with Gasteiger partial charge in [-0.05, 0) is 25.1 Å². The number of aromatic nitrogens is 2. The summed E-state index contributed by atoms with van der Waals surface area (Å²) in [5.74, 6) is 0.174. The first-order valence-corrected chi connectivity index (χ1v) is 10.3. The highest BCUT2D eigenvalue weighted by molar-refractivity contribution is 6.74. The van der Waals surface area contributed by atoms with Crippen LogP contribution in [0.15, 0.2) is 0 Å². The maximum Gasteiger partial charge on any atom is 0.352 e. The molecule has 22 heavy (non-hydrogen) atoms. The minimum Gasteiger partial charge on any atom is -0.471 e. The van der Waals surface area contributed by atoms with Crippen molar-refractivity contribution in [2.24, 2.45) is 5.92 Å². The van der Waals surface area contributed by atoms with Crippen LogP contribution in [0.5, 0.6) is 5.88 Å². The zero-order valence-corrected chi connectivity index (χ0v) is 15.5. The monoisotopic (exact) mass is 329 g/mol. The molecule has 7 nitrogen and oxygen atoms in total. The number of rotatable bonds is 7. The number of H-pyrrole nitrogens is 1. The second-order valence-corrected chi connectivity index (χ2v) is 12.1.